The third kappa shape index (κ3) is 6.50. The third-order valence-electron chi connectivity index (χ3n) is 4.00. The molecule has 1 aliphatic rings. The molecule has 2 rings (SSSR count). The number of hydrogen-bond acceptors (Lipinski definition) is 6. The molecule has 8 nitrogen and oxygen atoms in total. The molecule has 3 atom stereocenters. The quantitative estimate of drug-likeness (QED) is 0.619. The van der Waals surface area contributed by atoms with Crippen molar-refractivity contribution in [1.82, 2.24) is 10.6 Å². The van der Waals surface area contributed by atoms with Gasteiger partial charge < -0.3 is 25.4 Å². The fraction of sp³-hybridized carbons (Fsp3) is 0.500. The molecule has 2 amide bonds. The summed E-state index contributed by atoms with van der Waals surface area (Å²) in [5.41, 5.74) is 0.955. The third-order valence-corrected chi connectivity index (χ3v) is 4.00. The minimum absolute atomic E-state index is 0. The van der Waals surface area contributed by atoms with Gasteiger partial charge in [0.1, 0.15) is 12.1 Å². The summed E-state index contributed by atoms with van der Waals surface area (Å²) in [7, 11) is 0. The Morgan fingerprint density at radius 1 is 1.30 bits per heavy atom. The number of anilines is 1. The average Bonchev–Trinajstić information content (AvgIpc) is 2.62. The smallest absolute Gasteiger partial charge is 0.328 e. The number of morpholine rings is 1. The van der Waals surface area contributed by atoms with Crippen molar-refractivity contribution in [2.24, 2.45) is 0 Å². The van der Waals surface area contributed by atoms with Crippen LogP contribution in [0.3, 0.4) is 0 Å². The number of nitrogens with one attached hydrogen (secondary N) is 3. The van der Waals surface area contributed by atoms with Crippen LogP contribution in [0, 0.1) is 0 Å². The van der Waals surface area contributed by atoms with Gasteiger partial charge in [-0.1, -0.05) is 0 Å². The van der Waals surface area contributed by atoms with Crippen LogP contribution in [0.15, 0.2) is 24.3 Å². The normalized spacial score (nSPS) is 20.0. The minimum Gasteiger partial charge on any atom is -0.464 e. The zero-order chi connectivity index (χ0) is 19.1. The second kappa shape index (κ2) is 10.9. The summed E-state index contributed by atoms with van der Waals surface area (Å²) in [6, 6.07) is 5.28. The number of carbonyl (C=O) groups is 3. The molecule has 1 aromatic carbocycles. The molecule has 27 heavy (non-hydrogen) atoms. The number of carbonyl (C=O) groups excluding carboxylic acids is 3. The lowest BCUT2D eigenvalue weighted by Gasteiger charge is -2.29. The van der Waals surface area contributed by atoms with Gasteiger partial charge >= 0.3 is 5.97 Å². The van der Waals surface area contributed by atoms with Crippen molar-refractivity contribution in [1.29, 1.82) is 0 Å². The minimum atomic E-state index is -0.735. The van der Waals surface area contributed by atoms with Gasteiger partial charge in [-0.25, -0.2) is 4.79 Å². The lowest BCUT2D eigenvalue weighted by atomic mass is 10.1. The lowest BCUT2D eigenvalue weighted by Crippen LogP contribution is -2.53. The Hall–Kier alpha value is -2.16. The SMILES string of the molecule is CCOC(=O)C(C)NC(=O)c1ccc(NC(=O)[C@H]2NCCO[C@@H]2C)cc1.Cl. The molecule has 1 heterocycles. The molecule has 0 radical (unpaired) electrons. The van der Waals surface area contributed by atoms with Crippen molar-refractivity contribution in [2.75, 3.05) is 25.1 Å². The molecule has 9 heteroatoms. The maximum Gasteiger partial charge on any atom is 0.328 e. The van der Waals surface area contributed by atoms with Gasteiger partial charge in [-0.15, -0.1) is 12.4 Å². The van der Waals surface area contributed by atoms with Gasteiger partial charge in [-0.05, 0) is 45.0 Å². The summed E-state index contributed by atoms with van der Waals surface area (Å²) >= 11 is 0. The van der Waals surface area contributed by atoms with Crippen LogP contribution in [0.1, 0.15) is 31.1 Å². The van der Waals surface area contributed by atoms with Crippen LogP contribution in [-0.4, -0.2) is 55.7 Å². The van der Waals surface area contributed by atoms with Crippen molar-refractivity contribution in [3.05, 3.63) is 29.8 Å². The maximum absolute atomic E-state index is 12.3. The highest BCUT2D eigenvalue weighted by atomic mass is 35.5. The van der Waals surface area contributed by atoms with Crippen molar-refractivity contribution < 1.29 is 23.9 Å². The van der Waals surface area contributed by atoms with Gasteiger partial charge in [0.05, 0.1) is 19.3 Å². The summed E-state index contributed by atoms with van der Waals surface area (Å²) in [5, 5.41) is 8.48. The van der Waals surface area contributed by atoms with Crippen LogP contribution < -0.4 is 16.0 Å². The number of rotatable bonds is 6. The summed E-state index contributed by atoms with van der Waals surface area (Å²) in [6.07, 6.45) is -0.210. The van der Waals surface area contributed by atoms with Crippen molar-refractivity contribution in [3.8, 4) is 0 Å². The van der Waals surface area contributed by atoms with Crippen LogP contribution >= 0.6 is 12.4 Å². The van der Waals surface area contributed by atoms with Crippen LogP contribution in [0.5, 0.6) is 0 Å². The number of hydrogen-bond donors (Lipinski definition) is 3. The van der Waals surface area contributed by atoms with E-state index in [1.54, 1.807) is 38.1 Å². The van der Waals surface area contributed by atoms with Gasteiger partial charge in [0.2, 0.25) is 5.91 Å². The first-order valence-corrected chi connectivity index (χ1v) is 8.65. The van der Waals surface area contributed by atoms with E-state index in [1.165, 1.54) is 0 Å². The number of esters is 1. The van der Waals surface area contributed by atoms with Gasteiger partial charge in [0.15, 0.2) is 0 Å². The lowest BCUT2D eigenvalue weighted by molar-refractivity contribution is -0.144. The Kier molecular flexibility index (Phi) is 9.20. The second-order valence-corrected chi connectivity index (χ2v) is 6.02. The van der Waals surface area contributed by atoms with E-state index in [9.17, 15) is 14.4 Å². The van der Waals surface area contributed by atoms with Crippen molar-refractivity contribution >= 4 is 35.9 Å². The largest absolute Gasteiger partial charge is 0.464 e. The monoisotopic (exact) mass is 399 g/mol. The van der Waals surface area contributed by atoms with E-state index < -0.39 is 18.1 Å². The first-order valence-electron chi connectivity index (χ1n) is 8.65. The van der Waals surface area contributed by atoms with E-state index in [1.807, 2.05) is 6.92 Å². The zero-order valence-electron chi connectivity index (χ0n) is 15.6. The molecule has 3 N–H and O–H groups in total. The Balaban J connectivity index is 0.00000364. The summed E-state index contributed by atoms with van der Waals surface area (Å²) < 4.78 is 10.3. The topological polar surface area (TPSA) is 106 Å². The average molecular weight is 400 g/mol. The van der Waals surface area contributed by atoms with Crippen molar-refractivity contribution in [2.45, 2.75) is 39.0 Å². The van der Waals surface area contributed by atoms with Gasteiger partial charge in [0.25, 0.3) is 5.91 Å². The molecule has 1 aromatic rings. The van der Waals surface area contributed by atoms with Gasteiger partial charge in [0, 0.05) is 17.8 Å². The molecule has 0 bridgehead atoms. The molecule has 1 fully saturated rings. The number of ether oxygens (including phenoxy) is 2. The summed E-state index contributed by atoms with van der Waals surface area (Å²) in [5.74, 6) is -1.06. The molecule has 1 unspecified atom stereocenters. The van der Waals surface area contributed by atoms with E-state index in [-0.39, 0.29) is 36.9 Å². The second-order valence-electron chi connectivity index (χ2n) is 6.02. The molecule has 1 aliphatic heterocycles. The van der Waals surface area contributed by atoms with Crippen LogP contribution in [0.2, 0.25) is 0 Å². The van der Waals surface area contributed by atoms with Crippen molar-refractivity contribution in [3.63, 3.8) is 0 Å². The first-order chi connectivity index (χ1) is 12.4. The number of benzene rings is 1. The fourth-order valence-corrected chi connectivity index (χ4v) is 2.56. The standard InChI is InChI=1S/C18H25N3O5.ClH/c1-4-25-18(24)11(2)20-16(22)13-5-7-14(8-6-13)21-17(23)15-12(3)26-10-9-19-15;/h5-8,11-12,15,19H,4,9-10H2,1-3H3,(H,20,22)(H,21,23);1H/t11?,12-,15+;/m1./s1. The van der Waals surface area contributed by atoms with E-state index in [0.29, 0.717) is 24.4 Å². The summed E-state index contributed by atoms with van der Waals surface area (Å²) in [4.78, 5) is 36.0. The predicted molar refractivity (Wildman–Crippen MR) is 103 cm³/mol. The fourth-order valence-electron chi connectivity index (χ4n) is 2.56. The Morgan fingerprint density at radius 2 is 1.96 bits per heavy atom. The molecule has 0 aromatic heterocycles. The number of halogens is 1. The van der Waals surface area contributed by atoms with Crippen LogP contribution in [0.25, 0.3) is 0 Å². The van der Waals surface area contributed by atoms with Gasteiger partial charge in [-0.2, -0.15) is 0 Å². The highest BCUT2D eigenvalue weighted by Crippen LogP contribution is 2.12. The van der Waals surface area contributed by atoms with Gasteiger partial charge in [-0.3, -0.25) is 9.59 Å². The Morgan fingerprint density at radius 3 is 2.56 bits per heavy atom. The Labute approximate surface area is 164 Å². The van der Waals surface area contributed by atoms with E-state index in [0.717, 1.165) is 0 Å². The maximum atomic E-state index is 12.3. The highest BCUT2D eigenvalue weighted by Gasteiger charge is 2.28. The predicted octanol–water partition coefficient (Wildman–Crippen LogP) is 1.11. The van der Waals surface area contributed by atoms with E-state index in [2.05, 4.69) is 16.0 Å². The molecule has 1 saturated heterocycles. The highest BCUT2D eigenvalue weighted by molar-refractivity contribution is 5.98. The molecule has 150 valence electrons. The molecular formula is C18H26ClN3O5. The molecule has 0 saturated carbocycles. The van der Waals surface area contributed by atoms with E-state index >= 15 is 0 Å². The summed E-state index contributed by atoms with van der Waals surface area (Å²) in [6.45, 7) is 6.57. The first kappa shape index (κ1) is 22.9. The van der Waals surface area contributed by atoms with Crippen LogP contribution in [-0.2, 0) is 19.1 Å². The molecule has 0 aliphatic carbocycles. The Bertz CT molecular complexity index is 653. The molecular weight excluding hydrogens is 374 g/mol. The zero-order valence-corrected chi connectivity index (χ0v) is 16.4. The van der Waals surface area contributed by atoms with E-state index in [4.69, 9.17) is 9.47 Å². The molecule has 0 spiro atoms. The number of amides is 2. The van der Waals surface area contributed by atoms with Crippen LogP contribution in [0.4, 0.5) is 5.69 Å².